The number of anilines is 4. The van der Waals surface area contributed by atoms with Crippen LogP contribution in [-0.2, 0) is 20.2 Å². The van der Waals surface area contributed by atoms with Crippen molar-refractivity contribution in [3.05, 3.63) is 64.7 Å². The number of hydrogen-bond acceptors (Lipinski definition) is 10. The quantitative estimate of drug-likeness (QED) is 0.189. The summed E-state index contributed by atoms with van der Waals surface area (Å²) >= 11 is 0. The van der Waals surface area contributed by atoms with Crippen LogP contribution in [0.25, 0.3) is 0 Å². The number of nitrogen functional groups attached to an aromatic ring is 2. The molecule has 0 saturated carbocycles. The number of benzene rings is 3. The molecule has 0 radical (unpaired) electrons. The Morgan fingerprint density at radius 2 is 1.40 bits per heavy atom. The molecule has 1 aliphatic rings. The number of carbonyl (C=O) groups is 2. The lowest BCUT2D eigenvalue weighted by Gasteiger charge is -2.24. The average Bonchev–Trinajstić information content (AvgIpc) is 2.77. The van der Waals surface area contributed by atoms with Gasteiger partial charge in [-0.25, -0.2) is 0 Å². The summed E-state index contributed by atoms with van der Waals surface area (Å²) in [6, 6.07) is 8.98. The van der Waals surface area contributed by atoms with E-state index in [4.69, 9.17) is 16.2 Å². The molecule has 7 N–H and O–H groups in total. The summed E-state index contributed by atoms with van der Waals surface area (Å²) in [5.74, 6) is -1.90. The summed E-state index contributed by atoms with van der Waals surface area (Å²) in [7, 11) is -8.76. The standard InChI is InChI=1S/C21H17N3O9S2/c1-33-20-12(7-6-11(22)21(20)35(30,31)32)24-13-8-14(34(27,28)29)17(23)16-15(13)18(25)9-4-2-3-5-10(9)19(16)26/h2-8,24H,22-23H2,1H3,(H,27,28,29)(H,30,31,32). The maximum Gasteiger partial charge on any atom is 0.300 e. The first-order chi connectivity index (χ1) is 16.3. The molecule has 0 atom stereocenters. The zero-order chi connectivity index (χ0) is 25.9. The fourth-order valence-electron chi connectivity index (χ4n) is 3.90. The third kappa shape index (κ3) is 3.87. The Labute approximate surface area is 199 Å². The predicted molar refractivity (Wildman–Crippen MR) is 124 cm³/mol. The molecule has 0 aromatic heterocycles. The van der Waals surface area contributed by atoms with E-state index in [9.17, 15) is 35.5 Å². The van der Waals surface area contributed by atoms with E-state index in [0.717, 1.165) is 19.2 Å². The molecule has 0 unspecified atom stereocenters. The predicted octanol–water partition coefficient (Wildman–Crippen LogP) is 1.87. The molecule has 3 aromatic carbocycles. The van der Waals surface area contributed by atoms with Crippen molar-refractivity contribution in [2.45, 2.75) is 9.79 Å². The fraction of sp³-hybridized carbons (Fsp3) is 0.0476. The van der Waals surface area contributed by atoms with Gasteiger partial charge in [0.2, 0.25) is 0 Å². The molecule has 0 aliphatic heterocycles. The van der Waals surface area contributed by atoms with Crippen LogP contribution in [0.3, 0.4) is 0 Å². The van der Waals surface area contributed by atoms with Gasteiger partial charge in [-0.2, -0.15) is 16.8 Å². The van der Waals surface area contributed by atoms with E-state index in [0.29, 0.717) is 0 Å². The van der Waals surface area contributed by atoms with E-state index in [-0.39, 0.29) is 33.8 Å². The van der Waals surface area contributed by atoms with Crippen LogP contribution in [0.4, 0.5) is 22.7 Å². The Morgan fingerprint density at radius 1 is 0.829 bits per heavy atom. The molecule has 0 saturated heterocycles. The van der Waals surface area contributed by atoms with E-state index in [2.05, 4.69) is 5.32 Å². The van der Waals surface area contributed by atoms with Gasteiger partial charge in [0.05, 0.1) is 41.0 Å². The molecule has 0 spiro atoms. The van der Waals surface area contributed by atoms with Gasteiger partial charge in [-0.1, -0.05) is 24.3 Å². The van der Waals surface area contributed by atoms with Gasteiger partial charge >= 0.3 is 0 Å². The van der Waals surface area contributed by atoms with E-state index < -0.39 is 58.6 Å². The highest BCUT2D eigenvalue weighted by Crippen LogP contribution is 2.43. The normalized spacial score (nSPS) is 13.2. The highest BCUT2D eigenvalue weighted by Gasteiger charge is 2.37. The van der Waals surface area contributed by atoms with Crippen LogP contribution in [0, 0.1) is 0 Å². The van der Waals surface area contributed by atoms with Crippen molar-refractivity contribution in [3.63, 3.8) is 0 Å². The minimum atomic E-state index is -4.97. The summed E-state index contributed by atoms with van der Waals surface area (Å²) in [6.45, 7) is 0. The van der Waals surface area contributed by atoms with Crippen LogP contribution in [0.15, 0.2) is 52.3 Å². The number of nitrogens with one attached hydrogen (secondary N) is 1. The number of methoxy groups -OCH3 is 1. The molecule has 3 aromatic rings. The lowest BCUT2D eigenvalue weighted by atomic mass is 9.82. The van der Waals surface area contributed by atoms with Crippen LogP contribution in [0.2, 0.25) is 0 Å². The molecular formula is C21H17N3O9S2. The Kier molecular flexibility index (Phi) is 5.56. The van der Waals surface area contributed by atoms with E-state index in [1.54, 1.807) is 0 Å². The Balaban J connectivity index is 2.06. The zero-order valence-corrected chi connectivity index (χ0v) is 19.4. The average molecular weight is 520 g/mol. The molecule has 4 rings (SSSR count). The lowest BCUT2D eigenvalue weighted by Crippen LogP contribution is -2.25. The third-order valence-corrected chi connectivity index (χ3v) is 7.18. The lowest BCUT2D eigenvalue weighted by molar-refractivity contribution is 0.0980. The first kappa shape index (κ1) is 24.2. The van der Waals surface area contributed by atoms with Crippen LogP contribution in [0.5, 0.6) is 5.75 Å². The maximum atomic E-state index is 13.4. The van der Waals surface area contributed by atoms with Crippen molar-refractivity contribution in [2.75, 3.05) is 23.9 Å². The van der Waals surface area contributed by atoms with Crippen LogP contribution in [0.1, 0.15) is 31.8 Å². The zero-order valence-electron chi connectivity index (χ0n) is 17.8. The van der Waals surface area contributed by atoms with Gasteiger partial charge in [0.15, 0.2) is 22.2 Å². The van der Waals surface area contributed by atoms with Crippen molar-refractivity contribution in [2.24, 2.45) is 0 Å². The fourth-order valence-corrected chi connectivity index (χ4v) is 5.34. The van der Waals surface area contributed by atoms with Gasteiger partial charge in [-0.3, -0.25) is 18.7 Å². The molecule has 12 nitrogen and oxygen atoms in total. The second-order valence-corrected chi connectivity index (χ2v) is 10.2. The van der Waals surface area contributed by atoms with Crippen molar-refractivity contribution in [3.8, 4) is 5.75 Å². The summed E-state index contributed by atoms with van der Waals surface area (Å²) in [6.07, 6.45) is 0. The van der Waals surface area contributed by atoms with Gasteiger partial charge < -0.3 is 21.5 Å². The largest absolute Gasteiger partial charge is 0.493 e. The van der Waals surface area contributed by atoms with E-state index >= 15 is 0 Å². The molecule has 35 heavy (non-hydrogen) atoms. The summed E-state index contributed by atoms with van der Waals surface area (Å²) < 4.78 is 72.2. The molecule has 0 bridgehead atoms. The molecule has 0 amide bonds. The topological polar surface area (TPSA) is 216 Å². The monoisotopic (exact) mass is 519 g/mol. The smallest absolute Gasteiger partial charge is 0.300 e. The van der Waals surface area contributed by atoms with Crippen molar-refractivity contribution < 1.29 is 40.3 Å². The van der Waals surface area contributed by atoms with Crippen molar-refractivity contribution in [1.82, 2.24) is 0 Å². The summed E-state index contributed by atoms with van der Waals surface area (Å²) in [4.78, 5) is 24.9. The van der Waals surface area contributed by atoms with Crippen molar-refractivity contribution >= 4 is 54.6 Å². The van der Waals surface area contributed by atoms with Crippen LogP contribution in [-0.4, -0.2) is 44.6 Å². The molecular weight excluding hydrogens is 502 g/mol. The number of hydrogen-bond donors (Lipinski definition) is 5. The molecule has 0 heterocycles. The maximum absolute atomic E-state index is 13.4. The minimum absolute atomic E-state index is 0.0196. The van der Waals surface area contributed by atoms with Crippen LogP contribution >= 0.6 is 0 Å². The van der Waals surface area contributed by atoms with Gasteiger partial charge in [0.25, 0.3) is 20.2 Å². The minimum Gasteiger partial charge on any atom is -0.493 e. The van der Waals surface area contributed by atoms with Crippen LogP contribution < -0.4 is 21.5 Å². The highest BCUT2D eigenvalue weighted by atomic mass is 32.2. The Hall–Kier alpha value is -3.98. The molecule has 0 fully saturated rings. The summed E-state index contributed by atoms with van der Waals surface area (Å²) in [5.41, 5.74) is 9.37. The molecule has 182 valence electrons. The molecule has 14 heteroatoms. The third-order valence-electron chi connectivity index (χ3n) is 5.35. The van der Waals surface area contributed by atoms with Gasteiger partial charge in [-0.15, -0.1) is 0 Å². The highest BCUT2D eigenvalue weighted by molar-refractivity contribution is 7.86. The summed E-state index contributed by atoms with van der Waals surface area (Å²) in [5, 5.41) is 2.65. The first-order valence-corrected chi connectivity index (χ1v) is 12.5. The first-order valence-electron chi connectivity index (χ1n) is 9.60. The number of nitrogens with two attached hydrogens (primary N) is 2. The van der Waals surface area contributed by atoms with Gasteiger partial charge in [-0.05, 0) is 18.2 Å². The van der Waals surface area contributed by atoms with Gasteiger partial charge in [0.1, 0.15) is 4.90 Å². The SMILES string of the molecule is COc1c(Nc2cc(S(=O)(=O)O)c(N)c3c2C(=O)c2ccccc2C3=O)ccc(N)c1S(=O)(=O)O. The number of fused-ring (bicyclic) bond motifs is 2. The Bertz CT molecular complexity index is 1660. The van der Waals surface area contributed by atoms with E-state index in [1.807, 2.05) is 0 Å². The number of rotatable bonds is 5. The number of ether oxygens (including phenoxy) is 1. The number of ketones is 2. The Morgan fingerprint density at radius 3 is 1.91 bits per heavy atom. The second kappa shape index (κ2) is 8.06. The molecule has 1 aliphatic carbocycles. The van der Waals surface area contributed by atoms with Crippen molar-refractivity contribution in [1.29, 1.82) is 0 Å². The van der Waals surface area contributed by atoms with Gasteiger partial charge in [0, 0.05) is 11.1 Å². The van der Waals surface area contributed by atoms with E-state index in [1.165, 1.54) is 30.3 Å². The second-order valence-electron chi connectivity index (χ2n) is 7.43. The number of carbonyl (C=O) groups excluding carboxylic acids is 2.